The van der Waals surface area contributed by atoms with Crippen LogP contribution < -0.4 is 5.73 Å². The van der Waals surface area contributed by atoms with Crippen molar-refractivity contribution in [3.63, 3.8) is 0 Å². The highest BCUT2D eigenvalue weighted by Crippen LogP contribution is 2.28. The number of nitrogens with two attached hydrogens (primary N) is 1. The minimum absolute atomic E-state index is 0.367. The number of rotatable bonds is 3. The lowest BCUT2D eigenvalue weighted by Crippen LogP contribution is -2.46. The molecule has 1 aliphatic rings. The van der Waals surface area contributed by atoms with E-state index in [1.54, 1.807) is 0 Å². The van der Waals surface area contributed by atoms with Gasteiger partial charge in [0, 0.05) is 19.1 Å². The lowest BCUT2D eigenvalue weighted by atomic mass is 9.91. The predicted molar refractivity (Wildman–Crippen MR) is 75.8 cm³/mol. The summed E-state index contributed by atoms with van der Waals surface area (Å²) < 4.78 is 7.36. The number of piperidine rings is 1. The molecule has 2 N–H and O–H groups in total. The zero-order valence-corrected chi connectivity index (χ0v) is 13.1. The Hall–Kier alpha value is 0.160. The molecule has 2 unspecified atom stereocenters. The van der Waals surface area contributed by atoms with E-state index >= 15 is 0 Å². The molecule has 2 atom stereocenters. The molecule has 1 saturated heterocycles. The third-order valence-corrected chi connectivity index (χ3v) is 5.19. The summed E-state index contributed by atoms with van der Waals surface area (Å²) in [5.41, 5.74) is 6.11. The van der Waals surface area contributed by atoms with Crippen molar-refractivity contribution in [3.05, 3.63) is 21.0 Å². The van der Waals surface area contributed by atoms with Gasteiger partial charge >= 0.3 is 0 Å². The van der Waals surface area contributed by atoms with Crippen LogP contribution in [0.2, 0.25) is 0 Å². The molecule has 3 nitrogen and oxygen atoms in total. The first-order valence-corrected chi connectivity index (χ1v) is 7.60. The average Bonchev–Trinajstić information content (AvgIpc) is 2.61. The Morgan fingerprint density at radius 1 is 1.53 bits per heavy atom. The number of hydrogen-bond donors (Lipinski definition) is 1. The van der Waals surface area contributed by atoms with Crippen LogP contribution in [0.5, 0.6) is 0 Å². The molecule has 17 heavy (non-hydrogen) atoms. The Kier molecular flexibility index (Phi) is 4.69. The van der Waals surface area contributed by atoms with Crippen LogP contribution in [0.1, 0.15) is 25.5 Å². The summed E-state index contributed by atoms with van der Waals surface area (Å²) in [6, 6.07) is 2.39. The van der Waals surface area contributed by atoms with E-state index < -0.39 is 0 Å². The van der Waals surface area contributed by atoms with Gasteiger partial charge in [0.25, 0.3) is 0 Å². The molecule has 1 aromatic heterocycles. The van der Waals surface area contributed by atoms with Crippen molar-refractivity contribution in [2.45, 2.75) is 32.4 Å². The Morgan fingerprint density at radius 3 is 2.88 bits per heavy atom. The molecule has 0 amide bonds. The van der Waals surface area contributed by atoms with Crippen LogP contribution in [0.3, 0.4) is 0 Å². The molecule has 2 heterocycles. The van der Waals surface area contributed by atoms with E-state index in [0.29, 0.717) is 12.0 Å². The van der Waals surface area contributed by atoms with Crippen LogP contribution in [0.15, 0.2) is 19.6 Å². The second-order valence-corrected chi connectivity index (χ2v) is 6.26. The van der Waals surface area contributed by atoms with Crippen LogP contribution >= 0.6 is 31.9 Å². The Labute approximate surface area is 119 Å². The first kappa shape index (κ1) is 13.6. The Balaban J connectivity index is 1.95. The minimum atomic E-state index is 0.367. The molecular weight excluding hydrogens is 348 g/mol. The molecule has 0 aliphatic carbocycles. The summed E-state index contributed by atoms with van der Waals surface area (Å²) in [5, 5.41) is 0. The zero-order chi connectivity index (χ0) is 12.4. The van der Waals surface area contributed by atoms with Gasteiger partial charge in [-0.25, -0.2) is 0 Å². The van der Waals surface area contributed by atoms with Gasteiger partial charge in [-0.3, -0.25) is 4.90 Å². The molecular formula is C12H18Br2N2O. The molecule has 1 aromatic rings. The summed E-state index contributed by atoms with van der Waals surface area (Å²) in [7, 11) is 0. The van der Waals surface area contributed by atoms with Crippen molar-refractivity contribution in [1.82, 2.24) is 4.90 Å². The molecule has 0 radical (unpaired) electrons. The SMILES string of the molecule is CCC1CN(Cc2cc(Br)c(Br)o2)CCC1N. The molecule has 2 rings (SSSR count). The minimum Gasteiger partial charge on any atom is -0.452 e. The van der Waals surface area contributed by atoms with Crippen molar-refractivity contribution >= 4 is 31.9 Å². The lowest BCUT2D eigenvalue weighted by Gasteiger charge is -2.36. The number of hydrogen-bond acceptors (Lipinski definition) is 3. The van der Waals surface area contributed by atoms with Gasteiger partial charge in [-0.1, -0.05) is 13.3 Å². The fraction of sp³-hybridized carbons (Fsp3) is 0.667. The molecule has 0 saturated carbocycles. The topological polar surface area (TPSA) is 42.4 Å². The van der Waals surface area contributed by atoms with Gasteiger partial charge in [0.2, 0.25) is 0 Å². The van der Waals surface area contributed by atoms with Gasteiger partial charge in [-0.15, -0.1) is 0 Å². The molecule has 0 bridgehead atoms. The fourth-order valence-corrected chi connectivity index (χ4v) is 3.05. The highest BCUT2D eigenvalue weighted by Gasteiger charge is 2.25. The average molecular weight is 366 g/mol. The van der Waals surface area contributed by atoms with Crippen molar-refractivity contribution in [1.29, 1.82) is 0 Å². The van der Waals surface area contributed by atoms with Gasteiger partial charge in [-0.05, 0) is 50.3 Å². The van der Waals surface area contributed by atoms with Crippen LogP contribution in [-0.2, 0) is 6.54 Å². The largest absolute Gasteiger partial charge is 0.452 e. The van der Waals surface area contributed by atoms with Crippen LogP contribution in [0.25, 0.3) is 0 Å². The van der Waals surface area contributed by atoms with Gasteiger partial charge in [0.1, 0.15) is 5.76 Å². The van der Waals surface area contributed by atoms with Crippen LogP contribution in [0, 0.1) is 5.92 Å². The number of nitrogens with zero attached hydrogens (tertiary/aromatic N) is 1. The maximum Gasteiger partial charge on any atom is 0.183 e. The van der Waals surface area contributed by atoms with Gasteiger partial charge in [-0.2, -0.15) is 0 Å². The van der Waals surface area contributed by atoms with E-state index in [4.69, 9.17) is 10.2 Å². The Morgan fingerprint density at radius 2 is 2.29 bits per heavy atom. The normalized spacial score (nSPS) is 26.4. The highest BCUT2D eigenvalue weighted by molar-refractivity contribution is 9.13. The van der Waals surface area contributed by atoms with Gasteiger partial charge in [0.05, 0.1) is 11.0 Å². The van der Waals surface area contributed by atoms with E-state index in [0.717, 1.165) is 47.4 Å². The smallest absolute Gasteiger partial charge is 0.183 e. The van der Waals surface area contributed by atoms with E-state index in [1.165, 1.54) is 0 Å². The maximum absolute atomic E-state index is 6.11. The van der Waals surface area contributed by atoms with Gasteiger partial charge in [0.15, 0.2) is 4.67 Å². The molecule has 1 aliphatic heterocycles. The first-order chi connectivity index (χ1) is 8.10. The van der Waals surface area contributed by atoms with Crippen molar-refractivity contribution in [2.24, 2.45) is 11.7 Å². The van der Waals surface area contributed by atoms with Crippen LogP contribution in [-0.4, -0.2) is 24.0 Å². The molecule has 1 fully saturated rings. The summed E-state index contributed by atoms with van der Waals surface area (Å²) in [6.07, 6.45) is 2.24. The summed E-state index contributed by atoms with van der Waals surface area (Å²) >= 11 is 6.80. The van der Waals surface area contributed by atoms with E-state index in [-0.39, 0.29) is 0 Å². The third-order valence-electron chi connectivity index (χ3n) is 3.48. The second-order valence-electron chi connectivity index (χ2n) is 4.69. The standard InChI is InChI=1S/C12H18Br2N2O/c1-2-8-6-16(4-3-11(8)15)7-9-5-10(13)12(14)17-9/h5,8,11H,2-4,6-7,15H2,1H3. The van der Waals surface area contributed by atoms with Crippen molar-refractivity contribution < 1.29 is 4.42 Å². The number of furan rings is 1. The van der Waals surface area contributed by atoms with E-state index in [1.807, 2.05) is 6.07 Å². The van der Waals surface area contributed by atoms with Gasteiger partial charge < -0.3 is 10.2 Å². The number of likely N-dealkylation sites (tertiary alicyclic amines) is 1. The van der Waals surface area contributed by atoms with Crippen molar-refractivity contribution in [3.8, 4) is 0 Å². The zero-order valence-electron chi connectivity index (χ0n) is 9.96. The lowest BCUT2D eigenvalue weighted by molar-refractivity contribution is 0.136. The molecule has 0 spiro atoms. The number of halogens is 2. The molecule has 5 heteroatoms. The first-order valence-electron chi connectivity index (χ1n) is 6.01. The summed E-state index contributed by atoms with van der Waals surface area (Å²) in [5.74, 6) is 1.61. The quantitative estimate of drug-likeness (QED) is 0.892. The van der Waals surface area contributed by atoms with Crippen LogP contribution in [0.4, 0.5) is 0 Å². The molecule has 96 valence electrons. The van der Waals surface area contributed by atoms with E-state index in [9.17, 15) is 0 Å². The fourth-order valence-electron chi connectivity index (χ4n) is 2.39. The maximum atomic E-state index is 6.11. The van der Waals surface area contributed by atoms with Crippen molar-refractivity contribution in [2.75, 3.05) is 13.1 Å². The van der Waals surface area contributed by atoms with E-state index in [2.05, 4.69) is 43.7 Å². The summed E-state index contributed by atoms with van der Waals surface area (Å²) in [6.45, 7) is 5.22. The predicted octanol–water partition coefficient (Wildman–Crippen LogP) is 3.36. The molecule has 0 aromatic carbocycles. The monoisotopic (exact) mass is 364 g/mol. The third kappa shape index (κ3) is 3.34. The Bertz CT molecular complexity index is 361. The summed E-state index contributed by atoms with van der Waals surface area (Å²) in [4.78, 5) is 2.43. The highest BCUT2D eigenvalue weighted by atomic mass is 79.9. The second kappa shape index (κ2) is 5.87.